The van der Waals surface area contributed by atoms with Crippen molar-refractivity contribution in [2.45, 2.75) is 60.2 Å². The summed E-state index contributed by atoms with van der Waals surface area (Å²) in [5.74, 6) is -0.661. The monoisotopic (exact) mass is 462 g/mol. The van der Waals surface area contributed by atoms with E-state index in [-0.39, 0.29) is 25.0 Å². The third kappa shape index (κ3) is 6.26. The van der Waals surface area contributed by atoms with E-state index in [9.17, 15) is 9.59 Å². The fraction of sp³-hybridized carbons (Fsp3) is 0.579. The summed E-state index contributed by atoms with van der Waals surface area (Å²) in [4.78, 5) is 23.5. The van der Waals surface area contributed by atoms with Crippen molar-refractivity contribution < 1.29 is 23.8 Å². The summed E-state index contributed by atoms with van der Waals surface area (Å²) in [5, 5.41) is 0. The van der Waals surface area contributed by atoms with E-state index in [2.05, 4.69) is 22.6 Å². The van der Waals surface area contributed by atoms with Crippen molar-refractivity contribution in [1.82, 2.24) is 0 Å². The summed E-state index contributed by atoms with van der Waals surface area (Å²) in [6.45, 7) is 11.7. The van der Waals surface area contributed by atoms with Gasteiger partial charge in [0.1, 0.15) is 12.2 Å². The van der Waals surface area contributed by atoms with E-state index >= 15 is 0 Å². The number of rotatable bonds is 6. The molecule has 0 aliphatic heterocycles. The largest absolute Gasteiger partial charge is 0.469 e. The fourth-order valence-corrected chi connectivity index (χ4v) is 3.25. The van der Waals surface area contributed by atoms with E-state index in [0.29, 0.717) is 6.61 Å². The summed E-state index contributed by atoms with van der Waals surface area (Å²) < 4.78 is 16.7. The summed E-state index contributed by atoms with van der Waals surface area (Å²) in [5.41, 5.74) is 4.62. The van der Waals surface area contributed by atoms with Crippen LogP contribution in [0.1, 0.15) is 48.6 Å². The van der Waals surface area contributed by atoms with Gasteiger partial charge in [0.15, 0.2) is 0 Å². The Bertz CT molecular complexity index is 659. The molecule has 0 aliphatic rings. The Morgan fingerprint density at radius 1 is 0.960 bits per heavy atom. The maximum Gasteiger partial charge on any atom is 0.332 e. The second-order valence-electron chi connectivity index (χ2n) is 6.98. The minimum atomic E-state index is -0.529. The molecule has 1 aromatic carbocycles. The van der Waals surface area contributed by atoms with E-state index < -0.39 is 5.60 Å². The molecule has 0 amide bonds. The predicted octanol–water partition coefficient (Wildman–Crippen LogP) is 3.79. The van der Waals surface area contributed by atoms with Crippen molar-refractivity contribution in [3.63, 3.8) is 0 Å². The van der Waals surface area contributed by atoms with Crippen LogP contribution in [0.25, 0.3) is 0 Å². The molecule has 0 aliphatic carbocycles. The van der Waals surface area contributed by atoms with Crippen molar-refractivity contribution in [3.05, 3.63) is 31.4 Å². The van der Waals surface area contributed by atoms with E-state index in [1.54, 1.807) is 0 Å². The smallest absolute Gasteiger partial charge is 0.332 e. The fourth-order valence-electron chi connectivity index (χ4n) is 2.60. The summed E-state index contributed by atoms with van der Waals surface area (Å²) >= 11 is 2.28. The average molecular weight is 462 g/mol. The van der Waals surface area contributed by atoms with Gasteiger partial charge in [0, 0.05) is 3.57 Å². The predicted molar refractivity (Wildman–Crippen MR) is 105 cm³/mol. The molecule has 0 saturated carbocycles. The highest BCUT2D eigenvalue weighted by molar-refractivity contribution is 14.1. The first-order valence-corrected chi connectivity index (χ1v) is 9.19. The van der Waals surface area contributed by atoms with Crippen molar-refractivity contribution in [2.75, 3.05) is 13.7 Å². The number of esters is 2. The number of methoxy groups -OCH3 is 1. The van der Waals surface area contributed by atoms with Gasteiger partial charge in [-0.3, -0.25) is 4.79 Å². The van der Waals surface area contributed by atoms with Gasteiger partial charge in [0.2, 0.25) is 0 Å². The van der Waals surface area contributed by atoms with E-state index in [0.717, 1.165) is 31.4 Å². The lowest BCUT2D eigenvalue weighted by atomic mass is 9.92. The average Bonchev–Trinajstić information content (AvgIpc) is 2.50. The van der Waals surface area contributed by atoms with E-state index in [1.807, 2.05) is 41.5 Å². The Morgan fingerprint density at radius 2 is 1.52 bits per heavy atom. The molecule has 140 valence electrons. The van der Waals surface area contributed by atoms with Gasteiger partial charge in [-0.15, -0.1) is 0 Å². The number of carbonyl (C=O) groups is 2. The Morgan fingerprint density at radius 3 is 2.04 bits per heavy atom. The highest BCUT2D eigenvalue weighted by Crippen LogP contribution is 2.29. The quantitative estimate of drug-likeness (QED) is 0.476. The zero-order chi connectivity index (χ0) is 19.4. The van der Waals surface area contributed by atoms with Crippen molar-refractivity contribution in [2.24, 2.45) is 0 Å². The van der Waals surface area contributed by atoms with Gasteiger partial charge in [-0.05, 0) is 92.0 Å². The second-order valence-corrected chi connectivity index (χ2v) is 8.06. The molecule has 0 fully saturated rings. The third-order valence-corrected chi connectivity index (χ3v) is 5.52. The topological polar surface area (TPSA) is 61.8 Å². The molecule has 0 unspecified atom stereocenters. The van der Waals surface area contributed by atoms with Crippen LogP contribution in [0.2, 0.25) is 0 Å². The van der Waals surface area contributed by atoms with Gasteiger partial charge < -0.3 is 14.2 Å². The van der Waals surface area contributed by atoms with Crippen LogP contribution < -0.4 is 0 Å². The van der Waals surface area contributed by atoms with Gasteiger partial charge in [-0.1, -0.05) is 0 Å². The first-order chi connectivity index (χ1) is 11.5. The van der Waals surface area contributed by atoms with Crippen molar-refractivity contribution in [3.8, 4) is 0 Å². The zero-order valence-corrected chi connectivity index (χ0v) is 18.2. The number of benzene rings is 1. The molecule has 0 bridgehead atoms. The normalized spacial score (nSPS) is 11.4. The van der Waals surface area contributed by atoms with Gasteiger partial charge >= 0.3 is 11.9 Å². The van der Waals surface area contributed by atoms with Crippen LogP contribution in [-0.4, -0.2) is 31.3 Å². The molecule has 0 N–H and O–H groups in total. The molecule has 0 atom stereocenters. The number of hydrogen-bond donors (Lipinski definition) is 0. The van der Waals surface area contributed by atoms with E-state index in [4.69, 9.17) is 14.2 Å². The highest BCUT2D eigenvalue weighted by Gasteiger charge is 2.20. The SMILES string of the molecule is COC(=O)Cc1c(C)c(I)c(C)c(COCC(=O)OC(C)(C)C)c1C. The second kappa shape index (κ2) is 8.98. The Kier molecular flexibility index (Phi) is 7.87. The number of halogens is 1. The Labute approximate surface area is 163 Å². The zero-order valence-electron chi connectivity index (χ0n) is 16.0. The van der Waals surface area contributed by atoms with Gasteiger partial charge in [-0.2, -0.15) is 0 Å². The minimum Gasteiger partial charge on any atom is -0.469 e. The molecule has 0 radical (unpaired) electrons. The molecular formula is C19H27IO5. The highest BCUT2D eigenvalue weighted by atomic mass is 127. The molecule has 1 rings (SSSR count). The Hall–Kier alpha value is -1.15. The van der Waals surface area contributed by atoms with Crippen LogP contribution >= 0.6 is 22.6 Å². The van der Waals surface area contributed by atoms with Crippen LogP contribution in [-0.2, 0) is 36.8 Å². The first kappa shape index (κ1) is 21.9. The number of hydrogen-bond acceptors (Lipinski definition) is 5. The summed E-state index contributed by atoms with van der Waals surface area (Å²) in [6.07, 6.45) is 0.226. The molecule has 5 nitrogen and oxygen atoms in total. The van der Waals surface area contributed by atoms with E-state index in [1.165, 1.54) is 7.11 Å². The third-order valence-electron chi connectivity index (χ3n) is 3.90. The molecule has 6 heteroatoms. The lowest BCUT2D eigenvalue weighted by Crippen LogP contribution is -2.26. The van der Waals surface area contributed by atoms with Crippen molar-refractivity contribution >= 4 is 34.5 Å². The van der Waals surface area contributed by atoms with Gasteiger partial charge in [0.25, 0.3) is 0 Å². The standard InChI is InChI=1S/C19H27IO5/c1-11-14(8-16(21)23-7)12(2)18(20)13(3)15(11)9-24-10-17(22)25-19(4,5)6/h8-10H2,1-7H3. The van der Waals surface area contributed by atoms with Crippen LogP contribution in [0.3, 0.4) is 0 Å². The van der Waals surface area contributed by atoms with Gasteiger partial charge in [0.05, 0.1) is 20.1 Å². The molecular weight excluding hydrogens is 435 g/mol. The number of ether oxygens (including phenoxy) is 3. The van der Waals surface area contributed by atoms with Crippen LogP contribution in [0.4, 0.5) is 0 Å². The molecule has 0 heterocycles. The molecule has 0 saturated heterocycles. The summed E-state index contributed by atoms with van der Waals surface area (Å²) in [6, 6.07) is 0. The van der Waals surface area contributed by atoms with Crippen LogP contribution in [0.5, 0.6) is 0 Å². The van der Waals surface area contributed by atoms with Crippen molar-refractivity contribution in [1.29, 1.82) is 0 Å². The molecule has 1 aromatic rings. The lowest BCUT2D eigenvalue weighted by molar-refractivity contribution is -0.160. The molecule has 25 heavy (non-hydrogen) atoms. The van der Waals surface area contributed by atoms with Gasteiger partial charge in [-0.25, -0.2) is 4.79 Å². The molecule has 0 spiro atoms. The maximum atomic E-state index is 11.8. The minimum absolute atomic E-state index is 0.104. The summed E-state index contributed by atoms with van der Waals surface area (Å²) in [7, 11) is 1.39. The lowest BCUT2D eigenvalue weighted by Gasteiger charge is -2.21. The number of carbonyl (C=O) groups excluding carboxylic acids is 2. The molecule has 0 aromatic heterocycles. The first-order valence-electron chi connectivity index (χ1n) is 8.11. The Balaban J connectivity index is 2.96. The van der Waals surface area contributed by atoms with Crippen LogP contribution in [0, 0.1) is 24.3 Å². The van der Waals surface area contributed by atoms with Crippen LogP contribution in [0.15, 0.2) is 0 Å². The maximum absolute atomic E-state index is 11.8.